The summed E-state index contributed by atoms with van der Waals surface area (Å²) in [6.45, 7) is 3.02. The molecule has 0 spiro atoms. The van der Waals surface area contributed by atoms with Gasteiger partial charge in [-0.2, -0.15) is 17.4 Å². The van der Waals surface area contributed by atoms with Crippen LogP contribution < -0.4 is 10.5 Å². The van der Waals surface area contributed by atoms with Gasteiger partial charge in [-0.25, -0.2) is 0 Å². The van der Waals surface area contributed by atoms with Crippen LogP contribution in [0.3, 0.4) is 0 Å². The van der Waals surface area contributed by atoms with Crippen LogP contribution in [0.25, 0.3) is 0 Å². The first-order valence-corrected chi connectivity index (χ1v) is 7.18. The number of nitrogens with zero attached hydrogens (tertiary/aromatic N) is 2. The molecule has 1 rings (SSSR count). The van der Waals surface area contributed by atoms with Crippen molar-refractivity contribution in [3.63, 3.8) is 0 Å². The first kappa shape index (κ1) is 15.3. The molecule has 1 aliphatic rings. The molecule has 0 atom stereocenters. The number of piperazine rings is 1. The van der Waals surface area contributed by atoms with Crippen molar-refractivity contribution in [2.75, 3.05) is 53.0 Å². The van der Waals surface area contributed by atoms with E-state index in [2.05, 4.69) is 4.72 Å². The Hall–Kier alpha value is -0.740. The highest BCUT2D eigenvalue weighted by Gasteiger charge is 2.26. The lowest BCUT2D eigenvalue weighted by Crippen LogP contribution is -2.53. The summed E-state index contributed by atoms with van der Waals surface area (Å²) in [4.78, 5) is 1.96. The van der Waals surface area contributed by atoms with Crippen molar-refractivity contribution in [1.29, 1.82) is 5.41 Å². The molecular formula is C9H21N5O3S. The van der Waals surface area contributed by atoms with Gasteiger partial charge in [-0.15, -0.1) is 0 Å². The molecule has 1 saturated heterocycles. The maximum atomic E-state index is 11.9. The molecule has 4 N–H and O–H groups in total. The van der Waals surface area contributed by atoms with Crippen molar-refractivity contribution in [1.82, 2.24) is 13.9 Å². The molecule has 1 aliphatic heterocycles. The van der Waals surface area contributed by atoms with E-state index in [0.29, 0.717) is 39.3 Å². The molecule has 18 heavy (non-hydrogen) atoms. The number of nitrogens with two attached hydrogens (primary N) is 1. The predicted molar refractivity (Wildman–Crippen MR) is 68.7 cm³/mol. The second-order valence-electron chi connectivity index (χ2n) is 4.09. The van der Waals surface area contributed by atoms with E-state index >= 15 is 0 Å². The highest BCUT2D eigenvalue weighted by molar-refractivity contribution is 7.87. The minimum Gasteiger partial charge on any atom is -0.387 e. The zero-order chi connectivity index (χ0) is 13.6. The van der Waals surface area contributed by atoms with Gasteiger partial charge in [0.1, 0.15) is 5.84 Å². The Labute approximate surface area is 108 Å². The van der Waals surface area contributed by atoms with Crippen molar-refractivity contribution >= 4 is 16.0 Å². The minimum absolute atomic E-state index is 0.101. The SMILES string of the molecule is COCCNS(=O)(=O)N1CCN(CC(=N)N)CC1. The summed E-state index contributed by atoms with van der Waals surface area (Å²) in [7, 11) is -1.89. The Morgan fingerprint density at radius 2 is 2.00 bits per heavy atom. The van der Waals surface area contributed by atoms with Gasteiger partial charge >= 0.3 is 0 Å². The molecule has 0 aromatic carbocycles. The van der Waals surface area contributed by atoms with Gasteiger partial charge in [0, 0.05) is 39.8 Å². The van der Waals surface area contributed by atoms with E-state index in [-0.39, 0.29) is 12.4 Å². The number of hydrogen-bond donors (Lipinski definition) is 3. The molecule has 0 bridgehead atoms. The van der Waals surface area contributed by atoms with E-state index in [4.69, 9.17) is 15.9 Å². The van der Waals surface area contributed by atoms with E-state index < -0.39 is 10.2 Å². The van der Waals surface area contributed by atoms with Crippen molar-refractivity contribution in [2.45, 2.75) is 0 Å². The standard InChI is InChI=1S/C9H21N5O3S/c1-17-7-2-12-18(15,16)14-5-3-13(4-6-14)8-9(10)11/h12H,2-8H2,1H3,(H3,10,11). The molecule has 1 heterocycles. The van der Waals surface area contributed by atoms with Crippen molar-refractivity contribution in [2.24, 2.45) is 5.73 Å². The van der Waals surface area contributed by atoms with Crippen LogP contribution in [0.5, 0.6) is 0 Å². The average molecular weight is 279 g/mol. The fourth-order valence-electron chi connectivity index (χ4n) is 1.73. The van der Waals surface area contributed by atoms with Crippen molar-refractivity contribution in [3.8, 4) is 0 Å². The molecule has 9 heteroatoms. The van der Waals surface area contributed by atoms with Crippen LogP contribution in [0.1, 0.15) is 0 Å². The number of nitrogens with one attached hydrogen (secondary N) is 2. The molecule has 0 aliphatic carbocycles. The molecule has 0 radical (unpaired) electrons. The third-order valence-electron chi connectivity index (χ3n) is 2.66. The van der Waals surface area contributed by atoms with Crippen molar-refractivity contribution in [3.05, 3.63) is 0 Å². The van der Waals surface area contributed by atoms with Crippen LogP contribution in [0.15, 0.2) is 0 Å². The molecule has 1 fully saturated rings. The fourth-order valence-corrected chi connectivity index (χ4v) is 2.90. The largest absolute Gasteiger partial charge is 0.387 e. The molecule has 0 amide bonds. The Morgan fingerprint density at radius 1 is 1.39 bits per heavy atom. The summed E-state index contributed by atoms with van der Waals surface area (Å²) in [6.07, 6.45) is 0. The van der Waals surface area contributed by atoms with Crippen LogP contribution in [0.2, 0.25) is 0 Å². The maximum absolute atomic E-state index is 11.9. The number of amidine groups is 1. The molecule has 0 unspecified atom stereocenters. The molecule has 0 aromatic rings. The molecule has 106 valence electrons. The van der Waals surface area contributed by atoms with Gasteiger partial charge in [-0.1, -0.05) is 0 Å². The molecular weight excluding hydrogens is 258 g/mol. The zero-order valence-corrected chi connectivity index (χ0v) is 11.4. The third kappa shape index (κ3) is 4.86. The topological polar surface area (TPSA) is 112 Å². The van der Waals surface area contributed by atoms with Crippen molar-refractivity contribution < 1.29 is 13.2 Å². The number of ether oxygens (including phenoxy) is 1. The number of hydrogen-bond acceptors (Lipinski definition) is 5. The lowest BCUT2D eigenvalue weighted by Gasteiger charge is -2.33. The summed E-state index contributed by atoms with van der Waals surface area (Å²) >= 11 is 0. The van der Waals surface area contributed by atoms with E-state index in [1.165, 1.54) is 11.4 Å². The van der Waals surface area contributed by atoms with Crippen LogP contribution >= 0.6 is 0 Å². The molecule has 8 nitrogen and oxygen atoms in total. The molecule has 0 aromatic heterocycles. The van der Waals surface area contributed by atoms with Gasteiger partial charge in [0.05, 0.1) is 13.2 Å². The minimum atomic E-state index is -3.42. The zero-order valence-electron chi connectivity index (χ0n) is 10.6. The highest BCUT2D eigenvalue weighted by Crippen LogP contribution is 2.05. The van der Waals surface area contributed by atoms with Gasteiger partial charge in [0.25, 0.3) is 10.2 Å². The normalized spacial score (nSPS) is 18.9. The van der Waals surface area contributed by atoms with Gasteiger partial charge < -0.3 is 10.5 Å². The summed E-state index contributed by atoms with van der Waals surface area (Å²) in [5.41, 5.74) is 5.31. The lowest BCUT2D eigenvalue weighted by atomic mass is 10.3. The maximum Gasteiger partial charge on any atom is 0.279 e. The third-order valence-corrected chi connectivity index (χ3v) is 4.27. The Balaban J connectivity index is 2.39. The van der Waals surface area contributed by atoms with Crippen LogP contribution in [0.4, 0.5) is 0 Å². The van der Waals surface area contributed by atoms with Gasteiger partial charge in [0.15, 0.2) is 0 Å². The monoisotopic (exact) mass is 279 g/mol. The van der Waals surface area contributed by atoms with E-state index in [9.17, 15) is 8.42 Å². The van der Waals surface area contributed by atoms with E-state index in [1.54, 1.807) is 0 Å². The second-order valence-corrected chi connectivity index (χ2v) is 5.85. The summed E-state index contributed by atoms with van der Waals surface area (Å²) < 4.78 is 32.4. The van der Waals surface area contributed by atoms with Gasteiger partial charge in [-0.3, -0.25) is 10.3 Å². The fraction of sp³-hybridized carbons (Fsp3) is 0.889. The quantitative estimate of drug-likeness (QED) is 0.284. The van der Waals surface area contributed by atoms with Gasteiger partial charge in [0.2, 0.25) is 0 Å². The van der Waals surface area contributed by atoms with E-state index in [1.807, 2.05) is 4.90 Å². The van der Waals surface area contributed by atoms with Crippen LogP contribution in [0, 0.1) is 5.41 Å². The molecule has 0 saturated carbocycles. The summed E-state index contributed by atoms with van der Waals surface area (Å²) in [6, 6.07) is 0. The lowest BCUT2D eigenvalue weighted by molar-refractivity contribution is 0.197. The summed E-state index contributed by atoms with van der Waals surface area (Å²) in [5.74, 6) is 0.101. The highest BCUT2D eigenvalue weighted by atomic mass is 32.2. The Bertz CT molecular complexity index is 364. The predicted octanol–water partition coefficient (Wildman–Crippen LogP) is -1.98. The van der Waals surface area contributed by atoms with Crippen LogP contribution in [-0.2, 0) is 14.9 Å². The Morgan fingerprint density at radius 3 is 2.50 bits per heavy atom. The van der Waals surface area contributed by atoms with Crippen LogP contribution in [-0.4, -0.2) is 76.4 Å². The first-order chi connectivity index (χ1) is 8.45. The number of rotatable bonds is 7. The summed E-state index contributed by atoms with van der Waals surface area (Å²) in [5, 5.41) is 7.19. The van der Waals surface area contributed by atoms with Gasteiger partial charge in [-0.05, 0) is 0 Å². The average Bonchev–Trinajstić information content (AvgIpc) is 2.29. The smallest absolute Gasteiger partial charge is 0.279 e. The number of methoxy groups -OCH3 is 1. The Kier molecular flexibility index (Phi) is 5.96. The first-order valence-electron chi connectivity index (χ1n) is 5.74. The second kappa shape index (κ2) is 7.00. The van der Waals surface area contributed by atoms with E-state index in [0.717, 1.165) is 0 Å².